The van der Waals surface area contributed by atoms with Gasteiger partial charge in [-0.05, 0) is 43.9 Å². The summed E-state index contributed by atoms with van der Waals surface area (Å²) in [6.45, 7) is 1.23. The molecule has 0 heterocycles. The Morgan fingerprint density at radius 2 is 1.71 bits per heavy atom. The van der Waals surface area contributed by atoms with Gasteiger partial charge in [-0.3, -0.25) is 0 Å². The molecule has 0 unspecified atom stereocenters. The molecule has 0 amide bonds. The molecule has 0 atom stereocenters. The van der Waals surface area contributed by atoms with Crippen LogP contribution in [0, 0.1) is 11.3 Å². The van der Waals surface area contributed by atoms with E-state index < -0.39 is 10.0 Å². The van der Waals surface area contributed by atoms with Crippen molar-refractivity contribution in [1.82, 2.24) is 9.21 Å². The van der Waals surface area contributed by atoms with Gasteiger partial charge in [-0.1, -0.05) is 30.3 Å². The lowest BCUT2D eigenvalue weighted by Crippen LogP contribution is -2.36. The first kappa shape index (κ1) is 18.1. The van der Waals surface area contributed by atoms with Crippen LogP contribution in [0.1, 0.15) is 11.1 Å². The van der Waals surface area contributed by atoms with E-state index in [0.717, 1.165) is 5.56 Å². The number of hydrogen-bond donors (Lipinski definition) is 0. The highest BCUT2D eigenvalue weighted by molar-refractivity contribution is 7.89. The summed E-state index contributed by atoms with van der Waals surface area (Å²) in [6.07, 6.45) is 0. The number of hydrogen-bond acceptors (Lipinski definition) is 4. The molecule has 2 rings (SSSR count). The van der Waals surface area contributed by atoms with Gasteiger partial charge in [0, 0.05) is 19.6 Å². The number of sulfonamides is 1. The molecule has 0 spiro atoms. The first-order chi connectivity index (χ1) is 11.4. The second-order valence-electron chi connectivity index (χ2n) is 5.77. The molecule has 126 valence electrons. The number of rotatable bonds is 7. The van der Waals surface area contributed by atoms with Gasteiger partial charge >= 0.3 is 0 Å². The van der Waals surface area contributed by atoms with Crippen molar-refractivity contribution in [3.8, 4) is 6.07 Å². The zero-order valence-electron chi connectivity index (χ0n) is 13.9. The maximum absolute atomic E-state index is 12.9. The second kappa shape index (κ2) is 8.06. The molecule has 2 aromatic carbocycles. The van der Waals surface area contributed by atoms with E-state index in [2.05, 4.69) is 6.07 Å². The first-order valence-electron chi connectivity index (χ1n) is 7.62. The molecule has 6 heteroatoms. The predicted octanol–water partition coefficient (Wildman–Crippen LogP) is 2.31. The highest BCUT2D eigenvalue weighted by atomic mass is 32.2. The van der Waals surface area contributed by atoms with E-state index in [-0.39, 0.29) is 11.4 Å². The van der Waals surface area contributed by atoms with Crippen LogP contribution in [0.2, 0.25) is 0 Å². The van der Waals surface area contributed by atoms with Gasteiger partial charge in [0.1, 0.15) is 0 Å². The number of nitrogens with zero attached hydrogens (tertiary/aromatic N) is 3. The van der Waals surface area contributed by atoms with Crippen molar-refractivity contribution in [1.29, 1.82) is 5.26 Å². The molecule has 0 saturated heterocycles. The van der Waals surface area contributed by atoms with E-state index in [1.54, 1.807) is 48.5 Å². The fourth-order valence-electron chi connectivity index (χ4n) is 2.28. The fraction of sp³-hybridized carbons (Fsp3) is 0.278. The van der Waals surface area contributed by atoms with Crippen LogP contribution in [0.3, 0.4) is 0 Å². The molecule has 2 aromatic rings. The van der Waals surface area contributed by atoms with Crippen LogP contribution in [0.15, 0.2) is 59.5 Å². The summed E-state index contributed by atoms with van der Waals surface area (Å²) in [5.74, 6) is 0. The van der Waals surface area contributed by atoms with Gasteiger partial charge < -0.3 is 4.90 Å². The SMILES string of the molecule is CN(C)CCN(Cc1cccc(C#N)c1)S(=O)(=O)c1ccccc1. The number of nitriles is 1. The molecule has 5 nitrogen and oxygen atoms in total. The van der Waals surface area contributed by atoms with Gasteiger partial charge in [0.05, 0.1) is 16.5 Å². The summed E-state index contributed by atoms with van der Waals surface area (Å²) in [7, 11) is 0.222. The number of likely N-dealkylation sites (N-methyl/N-ethyl adjacent to an activating group) is 1. The van der Waals surface area contributed by atoms with Gasteiger partial charge in [0.25, 0.3) is 0 Å². The summed E-state index contributed by atoms with van der Waals surface area (Å²) in [5, 5.41) is 9.02. The highest BCUT2D eigenvalue weighted by Crippen LogP contribution is 2.18. The molecule has 0 radical (unpaired) electrons. The minimum absolute atomic E-state index is 0.237. The van der Waals surface area contributed by atoms with Crippen LogP contribution in [0.25, 0.3) is 0 Å². The molecule has 0 aromatic heterocycles. The molecular weight excluding hydrogens is 322 g/mol. The van der Waals surface area contributed by atoms with Crippen molar-refractivity contribution in [2.75, 3.05) is 27.2 Å². The maximum atomic E-state index is 12.9. The van der Waals surface area contributed by atoms with Crippen molar-refractivity contribution >= 4 is 10.0 Å². The molecule has 0 aliphatic carbocycles. The van der Waals surface area contributed by atoms with Crippen LogP contribution in [0.4, 0.5) is 0 Å². The van der Waals surface area contributed by atoms with Crippen LogP contribution in [-0.2, 0) is 16.6 Å². The Kier molecular flexibility index (Phi) is 6.10. The molecule has 0 saturated carbocycles. The first-order valence-corrected chi connectivity index (χ1v) is 9.06. The van der Waals surface area contributed by atoms with E-state index >= 15 is 0 Å². The Hall–Kier alpha value is -2.20. The molecule has 0 fully saturated rings. The van der Waals surface area contributed by atoms with Crippen LogP contribution >= 0.6 is 0 Å². The smallest absolute Gasteiger partial charge is 0.243 e. The topological polar surface area (TPSA) is 64.4 Å². The minimum Gasteiger partial charge on any atom is -0.308 e. The average molecular weight is 343 g/mol. The van der Waals surface area contributed by atoms with E-state index in [0.29, 0.717) is 18.7 Å². The normalized spacial score (nSPS) is 11.6. The van der Waals surface area contributed by atoms with Gasteiger partial charge in [0.2, 0.25) is 10.0 Å². The second-order valence-corrected chi connectivity index (χ2v) is 7.71. The minimum atomic E-state index is -3.59. The maximum Gasteiger partial charge on any atom is 0.243 e. The van der Waals surface area contributed by atoms with E-state index in [9.17, 15) is 8.42 Å². The van der Waals surface area contributed by atoms with Crippen molar-refractivity contribution in [3.05, 3.63) is 65.7 Å². The third kappa shape index (κ3) is 4.65. The zero-order chi connectivity index (χ0) is 17.6. The quantitative estimate of drug-likeness (QED) is 0.774. The summed E-state index contributed by atoms with van der Waals surface area (Å²) in [4.78, 5) is 2.22. The monoisotopic (exact) mass is 343 g/mol. The van der Waals surface area contributed by atoms with Crippen LogP contribution in [0.5, 0.6) is 0 Å². The van der Waals surface area contributed by atoms with Gasteiger partial charge in [-0.25, -0.2) is 8.42 Å². The Morgan fingerprint density at radius 3 is 2.33 bits per heavy atom. The molecular formula is C18H21N3O2S. The standard InChI is InChI=1S/C18H21N3O2S/c1-20(2)11-12-21(15-17-8-6-7-16(13-17)14-19)24(22,23)18-9-4-3-5-10-18/h3-10,13H,11-12,15H2,1-2H3. The van der Waals surface area contributed by atoms with E-state index in [1.807, 2.05) is 25.1 Å². The van der Waals surface area contributed by atoms with Crippen molar-refractivity contribution in [3.63, 3.8) is 0 Å². The average Bonchev–Trinajstić information content (AvgIpc) is 2.59. The fourth-order valence-corrected chi connectivity index (χ4v) is 3.72. The lowest BCUT2D eigenvalue weighted by molar-refractivity contribution is 0.329. The lowest BCUT2D eigenvalue weighted by atomic mass is 10.1. The third-order valence-electron chi connectivity index (χ3n) is 3.59. The number of benzene rings is 2. The Morgan fingerprint density at radius 1 is 1.00 bits per heavy atom. The van der Waals surface area contributed by atoms with Crippen molar-refractivity contribution in [2.24, 2.45) is 0 Å². The third-order valence-corrected chi connectivity index (χ3v) is 5.45. The summed E-state index contributed by atoms with van der Waals surface area (Å²) in [6, 6.07) is 17.6. The van der Waals surface area contributed by atoms with Crippen molar-refractivity contribution in [2.45, 2.75) is 11.4 Å². The Labute approximate surface area is 143 Å². The molecule has 0 N–H and O–H groups in total. The molecule has 0 aliphatic rings. The van der Waals surface area contributed by atoms with Crippen LogP contribution < -0.4 is 0 Å². The highest BCUT2D eigenvalue weighted by Gasteiger charge is 2.24. The van der Waals surface area contributed by atoms with E-state index in [1.165, 1.54) is 4.31 Å². The van der Waals surface area contributed by atoms with Gasteiger partial charge in [-0.2, -0.15) is 9.57 Å². The molecule has 24 heavy (non-hydrogen) atoms. The lowest BCUT2D eigenvalue weighted by Gasteiger charge is -2.24. The molecule has 0 aliphatic heterocycles. The summed E-state index contributed by atoms with van der Waals surface area (Å²) >= 11 is 0. The predicted molar refractivity (Wildman–Crippen MR) is 93.7 cm³/mol. The Bertz CT molecular complexity index is 812. The van der Waals surface area contributed by atoms with Gasteiger partial charge in [-0.15, -0.1) is 0 Å². The largest absolute Gasteiger partial charge is 0.308 e. The summed E-state index contributed by atoms with van der Waals surface area (Å²) < 4.78 is 27.3. The molecule has 0 bridgehead atoms. The van der Waals surface area contributed by atoms with Crippen LogP contribution in [-0.4, -0.2) is 44.8 Å². The summed E-state index contributed by atoms with van der Waals surface area (Å²) in [5.41, 5.74) is 1.32. The Balaban J connectivity index is 2.32. The van der Waals surface area contributed by atoms with E-state index in [4.69, 9.17) is 5.26 Å². The van der Waals surface area contributed by atoms with Crippen molar-refractivity contribution < 1.29 is 8.42 Å². The zero-order valence-corrected chi connectivity index (χ0v) is 14.7. The van der Waals surface area contributed by atoms with Gasteiger partial charge in [0.15, 0.2) is 0 Å².